The molecule has 0 atom stereocenters. The van der Waals surface area contributed by atoms with Gasteiger partial charge in [-0.2, -0.15) is 0 Å². The van der Waals surface area contributed by atoms with Crippen LogP contribution in [0.25, 0.3) is 0 Å². The quantitative estimate of drug-likeness (QED) is 0.926. The summed E-state index contributed by atoms with van der Waals surface area (Å²) in [5.74, 6) is -0.0736. The molecule has 0 saturated carbocycles. The van der Waals surface area contributed by atoms with Crippen molar-refractivity contribution in [2.75, 3.05) is 13.6 Å². The highest BCUT2D eigenvalue weighted by Crippen LogP contribution is 2.23. The van der Waals surface area contributed by atoms with E-state index in [2.05, 4.69) is 0 Å². The van der Waals surface area contributed by atoms with Gasteiger partial charge in [-0.1, -0.05) is 29.3 Å². The SMILES string of the molecule is CN(CC(C)(C)O)C(=O)Cc1ccc(Cl)c(Cl)c1. The van der Waals surface area contributed by atoms with Crippen molar-refractivity contribution >= 4 is 29.1 Å². The fourth-order valence-electron chi connectivity index (χ4n) is 1.63. The molecule has 1 N–H and O–H groups in total. The molecular formula is C13H17Cl2NO2. The third kappa shape index (κ3) is 4.84. The minimum Gasteiger partial charge on any atom is -0.389 e. The second-order valence-corrected chi connectivity index (χ2v) is 5.80. The zero-order chi connectivity index (χ0) is 13.9. The van der Waals surface area contributed by atoms with Crippen LogP contribution in [0.15, 0.2) is 18.2 Å². The van der Waals surface area contributed by atoms with E-state index in [1.807, 2.05) is 0 Å². The molecule has 5 heteroatoms. The average Bonchev–Trinajstić information content (AvgIpc) is 2.21. The summed E-state index contributed by atoms with van der Waals surface area (Å²) in [6, 6.07) is 5.12. The predicted octanol–water partition coefficient (Wildman–Crippen LogP) is 2.77. The lowest BCUT2D eigenvalue weighted by atomic mass is 10.1. The lowest BCUT2D eigenvalue weighted by Crippen LogP contribution is -2.40. The molecule has 0 spiro atoms. The predicted molar refractivity (Wildman–Crippen MR) is 74.1 cm³/mol. The van der Waals surface area contributed by atoms with Crippen molar-refractivity contribution in [3.05, 3.63) is 33.8 Å². The molecule has 1 amide bonds. The number of carbonyl (C=O) groups excluding carboxylic acids is 1. The summed E-state index contributed by atoms with van der Waals surface area (Å²) in [6.45, 7) is 3.61. The van der Waals surface area contributed by atoms with Gasteiger partial charge < -0.3 is 10.0 Å². The Balaban J connectivity index is 2.67. The van der Waals surface area contributed by atoms with Gasteiger partial charge in [-0.3, -0.25) is 4.79 Å². The number of hydrogen-bond acceptors (Lipinski definition) is 2. The number of halogens is 2. The molecule has 0 aliphatic carbocycles. The molecule has 0 saturated heterocycles. The Morgan fingerprint density at radius 2 is 1.94 bits per heavy atom. The van der Waals surface area contributed by atoms with Gasteiger partial charge in [-0.05, 0) is 31.5 Å². The van der Waals surface area contributed by atoms with Crippen molar-refractivity contribution in [2.24, 2.45) is 0 Å². The van der Waals surface area contributed by atoms with Crippen molar-refractivity contribution in [2.45, 2.75) is 25.9 Å². The third-order valence-corrected chi connectivity index (χ3v) is 3.13. The molecule has 1 aromatic carbocycles. The van der Waals surface area contributed by atoms with Crippen molar-refractivity contribution in [1.29, 1.82) is 0 Å². The molecule has 3 nitrogen and oxygen atoms in total. The van der Waals surface area contributed by atoms with Gasteiger partial charge in [0.25, 0.3) is 0 Å². The molecular weight excluding hydrogens is 273 g/mol. The molecule has 18 heavy (non-hydrogen) atoms. The van der Waals surface area contributed by atoms with Crippen molar-refractivity contribution in [3.8, 4) is 0 Å². The minimum atomic E-state index is -0.901. The molecule has 100 valence electrons. The van der Waals surface area contributed by atoms with E-state index in [0.717, 1.165) is 5.56 Å². The summed E-state index contributed by atoms with van der Waals surface area (Å²) in [6.07, 6.45) is 0.240. The molecule has 1 aromatic rings. The fourth-order valence-corrected chi connectivity index (χ4v) is 1.95. The topological polar surface area (TPSA) is 40.5 Å². The van der Waals surface area contributed by atoms with Crippen LogP contribution < -0.4 is 0 Å². The van der Waals surface area contributed by atoms with Gasteiger partial charge in [0, 0.05) is 13.6 Å². The van der Waals surface area contributed by atoms with Gasteiger partial charge >= 0.3 is 0 Å². The smallest absolute Gasteiger partial charge is 0.226 e. The van der Waals surface area contributed by atoms with Gasteiger partial charge in [0.05, 0.1) is 22.1 Å². The average molecular weight is 290 g/mol. The fraction of sp³-hybridized carbons (Fsp3) is 0.462. The van der Waals surface area contributed by atoms with E-state index in [1.54, 1.807) is 39.1 Å². The normalized spacial score (nSPS) is 11.4. The first-order valence-corrected chi connectivity index (χ1v) is 6.35. The Labute approximate surface area is 117 Å². The van der Waals surface area contributed by atoms with Gasteiger partial charge in [0.1, 0.15) is 0 Å². The summed E-state index contributed by atoms with van der Waals surface area (Å²) in [7, 11) is 1.66. The first kappa shape index (κ1) is 15.3. The van der Waals surface area contributed by atoms with Crippen molar-refractivity contribution < 1.29 is 9.90 Å². The Hall–Kier alpha value is -0.770. The van der Waals surface area contributed by atoms with E-state index in [-0.39, 0.29) is 18.9 Å². The van der Waals surface area contributed by atoms with Crippen LogP contribution in [-0.4, -0.2) is 35.1 Å². The number of benzene rings is 1. The Morgan fingerprint density at radius 3 is 2.44 bits per heavy atom. The maximum atomic E-state index is 11.9. The second-order valence-electron chi connectivity index (χ2n) is 4.99. The molecule has 0 unspecified atom stereocenters. The molecule has 0 fully saturated rings. The van der Waals surface area contributed by atoms with Crippen LogP contribution in [0.3, 0.4) is 0 Å². The van der Waals surface area contributed by atoms with Crippen LogP contribution in [0.5, 0.6) is 0 Å². The van der Waals surface area contributed by atoms with E-state index in [0.29, 0.717) is 10.0 Å². The van der Waals surface area contributed by atoms with Gasteiger partial charge in [0.2, 0.25) is 5.91 Å². The summed E-state index contributed by atoms with van der Waals surface area (Å²) in [5.41, 5.74) is -0.0980. The maximum absolute atomic E-state index is 11.9. The summed E-state index contributed by atoms with van der Waals surface area (Å²) < 4.78 is 0. The highest BCUT2D eigenvalue weighted by atomic mass is 35.5. The van der Waals surface area contributed by atoms with Gasteiger partial charge in [0.15, 0.2) is 0 Å². The standard InChI is InChI=1S/C13H17Cl2NO2/c1-13(2,18)8-16(3)12(17)7-9-4-5-10(14)11(15)6-9/h4-6,18H,7-8H2,1-3H3. The highest BCUT2D eigenvalue weighted by molar-refractivity contribution is 6.42. The molecule has 0 heterocycles. The first-order valence-electron chi connectivity index (χ1n) is 5.59. The van der Waals surface area contributed by atoms with Crippen LogP contribution in [0.4, 0.5) is 0 Å². The van der Waals surface area contributed by atoms with E-state index in [4.69, 9.17) is 23.2 Å². The summed E-state index contributed by atoms with van der Waals surface area (Å²) in [5, 5.41) is 10.6. The second kappa shape index (κ2) is 5.91. The van der Waals surface area contributed by atoms with Crippen molar-refractivity contribution in [1.82, 2.24) is 4.90 Å². The third-order valence-electron chi connectivity index (χ3n) is 2.39. The van der Waals surface area contributed by atoms with Gasteiger partial charge in [-0.25, -0.2) is 0 Å². The van der Waals surface area contributed by atoms with Crippen LogP contribution in [0.2, 0.25) is 10.0 Å². The summed E-state index contributed by atoms with van der Waals surface area (Å²) >= 11 is 11.7. The number of rotatable bonds is 4. The molecule has 1 rings (SSSR count). The number of carbonyl (C=O) groups is 1. The molecule has 0 aliphatic heterocycles. The maximum Gasteiger partial charge on any atom is 0.226 e. The van der Waals surface area contributed by atoms with Crippen LogP contribution in [0.1, 0.15) is 19.4 Å². The molecule has 0 aromatic heterocycles. The van der Waals surface area contributed by atoms with E-state index >= 15 is 0 Å². The van der Waals surface area contributed by atoms with E-state index in [9.17, 15) is 9.90 Å². The van der Waals surface area contributed by atoms with Gasteiger partial charge in [-0.15, -0.1) is 0 Å². The van der Waals surface area contributed by atoms with Crippen LogP contribution in [-0.2, 0) is 11.2 Å². The molecule has 0 bridgehead atoms. The lowest BCUT2D eigenvalue weighted by molar-refractivity contribution is -0.131. The largest absolute Gasteiger partial charge is 0.389 e. The zero-order valence-electron chi connectivity index (χ0n) is 10.7. The zero-order valence-corrected chi connectivity index (χ0v) is 12.2. The van der Waals surface area contributed by atoms with Crippen LogP contribution in [0, 0.1) is 0 Å². The number of likely N-dealkylation sites (N-methyl/N-ethyl adjacent to an activating group) is 1. The highest BCUT2D eigenvalue weighted by Gasteiger charge is 2.19. The number of aliphatic hydroxyl groups is 1. The Morgan fingerprint density at radius 1 is 1.33 bits per heavy atom. The van der Waals surface area contributed by atoms with E-state index in [1.165, 1.54) is 4.90 Å². The monoisotopic (exact) mass is 289 g/mol. The minimum absolute atomic E-state index is 0.0736. The van der Waals surface area contributed by atoms with E-state index < -0.39 is 5.60 Å². The van der Waals surface area contributed by atoms with Crippen molar-refractivity contribution in [3.63, 3.8) is 0 Å². The number of nitrogens with zero attached hydrogens (tertiary/aromatic N) is 1. The Kier molecular flexibility index (Phi) is 5.02. The Bertz CT molecular complexity index is 441. The number of hydrogen-bond donors (Lipinski definition) is 1. The number of amides is 1. The lowest BCUT2D eigenvalue weighted by Gasteiger charge is -2.25. The summed E-state index contributed by atoms with van der Waals surface area (Å²) in [4.78, 5) is 13.4. The first-order chi connectivity index (χ1) is 8.19. The molecule has 0 aliphatic rings. The molecule has 0 radical (unpaired) electrons. The van der Waals surface area contributed by atoms with Crippen LogP contribution >= 0.6 is 23.2 Å².